The van der Waals surface area contributed by atoms with E-state index in [0.717, 1.165) is 25.9 Å². The van der Waals surface area contributed by atoms with E-state index in [1.807, 2.05) is 5.48 Å². The summed E-state index contributed by atoms with van der Waals surface area (Å²) >= 11 is 0. The molecule has 0 bridgehead atoms. The van der Waals surface area contributed by atoms with E-state index < -0.39 is 12.1 Å². The number of rotatable bonds is 3. The van der Waals surface area contributed by atoms with Gasteiger partial charge in [-0.15, -0.1) is 5.48 Å². The van der Waals surface area contributed by atoms with Crippen molar-refractivity contribution in [1.82, 2.24) is 10.8 Å². The summed E-state index contributed by atoms with van der Waals surface area (Å²) in [6, 6.07) is 0. The number of nitrogens with one attached hydrogen (secondary N) is 2. The molecule has 2 N–H and O–H groups in total. The van der Waals surface area contributed by atoms with Crippen molar-refractivity contribution in [1.29, 1.82) is 0 Å². The molecule has 6 heteroatoms. The molecule has 0 aromatic carbocycles. The predicted octanol–water partition coefficient (Wildman–Crippen LogP) is 0.969. The Hall–Kier alpha value is -1.30. The fourth-order valence-electron chi connectivity index (χ4n) is 1.70. The monoisotopic (exact) mass is 244 g/mol. The smallest absolute Gasteiger partial charge is 0.440 e. The normalized spacial score (nSPS) is 16.6. The Labute approximate surface area is 101 Å². The lowest BCUT2D eigenvalue weighted by atomic mass is 9.95. The highest BCUT2D eigenvalue weighted by molar-refractivity contribution is 5.73. The Morgan fingerprint density at radius 3 is 2.59 bits per heavy atom. The molecule has 1 aliphatic heterocycles. The topological polar surface area (TPSA) is 76.7 Å². The lowest BCUT2D eigenvalue weighted by molar-refractivity contribution is -0.151. The number of ether oxygens (including phenoxy) is 1. The third-order valence-corrected chi connectivity index (χ3v) is 2.51. The van der Waals surface area contributed by atoms with Crippen LogP contribution in [-0.4, -0.2) is 31.3 Å². The number of carbonyl (C=O) groups is 2. The molecule has 0 saturated carbocycles. The van der Waals surface area contributed by atoms with Gasteiger partial charge in [0.2, 0.25) is 0 Å². The molecule has 1 heterocycles. The lowest BCUT2D eigenvalue weighted by Crippen LogP contribution is -2.32. The van der Waals surface area contributed by atoms with Gasteiger partial charge in [0, 0.05) is 0 Å². The van der Waals surface area contributed by atoms with Gasteiger partial charge in [0.05, 0.1) is 12.5 Å². The summed E-state index contributed by atoms with van der Waals surface area (Å²) in [5.41, 5.74) is 1.98. The van der Waals surface area contributed by atoms with E-state index in [4.69, 9.17) is 4.74 Å². The van der Waals surface area contributed by atoms with Crippen molar-refractivity contribution in [2.75, 3.05) is 13.1 Å². The van der Waals surface area contributed by atoms with Gasteiger partial charge in [0.1, 0.15) is 0 Å². The number of piperidine rings is 1. The summed E-state index contributed by atoms with van der Waals surface area (Å²) in [6.07, 6.45) is 1.29. The quantitative estimate of drug-likeness (QED) is 0.723. The van der Waals surface area contributed by atoms with Crippen molar-refractivity contribution >= 4 is 12.1 Å². The molecular formula is C11H20N2O4. The van der Waals surface area contributed by atoms with Crippen molar-refractivity contribution in [3.05, 3.63) is 0 Å². The molecule has 0 atom stereocenters. The number of amides is 1. The molecule has 1 saturated heterocycles. The van der Waals surface area contributed by atoms with E-state index in [1.165, 1.54) is 0 Å². The number of hydrogen-bond acceptors (Lipinski definition) is 5. The van der Waals surface area contributed by atoms with Crippen molar-refractivity contribution in [3.63, 3.8) is 0 Å². The van der Waals surface area contributed by atoms with Gasteiger partial charge in [0.15, 0.2) is 0 Å². The maximum atomic E-state index is 11.4. The molecule has 6 nitrogen and oxygen atoms in total. The summed E-state index contributed by atoms with van der Waals surface area (Å²) in [6.45, 7) is 5.30. The van der Waals surface area contributed by atoms with Gasteiger partial charge in [-0.1, -0.05) is 0 Å². The van der Waals surface area contributed by atoms with Gasteiger partial charge >= 0.3 is 12.1 Å². The predicted molar refractivity (Wildman–Crippen MR) is 61.1 cm³/mol. The first-order chi connectivity index (χ1) is 8.08. The fourth-order valence-corrected chi connectivity index (χ4v) is 1.70. The number of hydroxylamine groups is 1. The highest BCUT2D eigenvalue weighted by Crippen LogP contribution is 2.15. The Balaban J connectivity index is 2.14. The largest absolute Gasteiger partial charge is 0.445 e. The summed E-state index contributed by atoms with van der Waals surface area (Å²) < 4.78 is 4.75. The highest BCUT2D eigenvalue weighted by Gasteiger charge is 2.18. The number of hydrogen-bond donors (Lipinski definition) is 2. The zero-order valence-corrected chi connectivity index (χ0v) is 10.3. The average Bonchev–Trinajstić information content (AvgIpc) is 2.27. The first kappa shape index (κ1) is 13.8. The van der Waals surface area contributed by atoms with Gasteiger partial charge < -0.3 is 14.9 Å². The van der Waals surface area contributed by atoms with Crippen LogP contribution in [0.15, 0.2) is 0 Å². The molecule has 0 spiro atoms. The van der Waals surface area contributed by atoms with Crippen LogP contribution >= 0.6 is 0 Å². The third kappa shape index (κ3) is 6.11. The van der Waals surface area contributed by atoms with Gasteiger partial charge in [-0.2, -0.15) is 0 Å². The summed E-state index contributed by atoms with van der Waals surface area (Å²) in [5, 5.41) is 3.22. The molecule has 0 aromatic heterocycles. The maximum Gasteiger partial charge on any atom is 0.440 e. The lowest BCUT2D eigenvalue weighted by Gasteiger charge is -2.21. The zero-order valence-electron chi connectivity index (χ0n) is 10.3. The Bertz CT molecular complexity index is 262. The minimum absolute atomic E-state index is 0.238. The minimum atomic E-state index is -0.737. The van der Waals surface area contributed by atoms with Crippen LogP contribution in [-0.2, 0) is 14.4 Å². The van der Waals surface area contributed by atoms with Crippen molar-refractivity contribution in [3.8, 4) is 0 Å². The third-order valence-electron chi connectivity index (χ3n) is 2.51. The fraction of sp³-hybridized carbons (Fsp3) is 0.818. The molecule has 0 aliphatic carbocycles. The van der Waals surface area contributed by atoms with Crippen molar-refractivity contribution < 1.29 is 19.2 Å². The average molecular weight is 244 g/mol. The molecule has 0 unspecified atom stereocenters. The molecular weight excluding hydrogens is 224 g/mol. The summed E-state index contributed by atoms with van der Waals surface area (Å²) in [5.74, 6) is -0.0794. The van der Waals surface area contributed by atoms with Crippen LogP contribution in [0, 0.1) is 5.92 Å². The molecule has 98 valence electrons. The summed E-state index contributed by atoms with van der Waals surface area (Å²) in [4.78, 5) is 27.0. The van der Waals surface area contributed by atoms with Crippen LogP contribution in [0.2, 0.25) is 0 Å². The second-order valence-corrected chi connectivity index (χ2v) is 4.43. The van der Waals surface area contributed by atoms with E-state index in [9.17, 15) is 9.59 Å². The van der Waals surface area contributed by atoms with Gasteiger partial charge in [0.25, 0.3) is 0 Å². The van der Waals surface area contributed by atoms with Crippen molar-refractivity contribution in [2.24, 2.45) is 5.92 Å². The van der Waals surface area contributed by atoms with Crippen LogP contribution in [0.5, 0.6) is 0 Å². The molecule has 1 fully saturated rings. The Kier molecular flexibility index (Phi) is 5.76. The standard InChI is InChI=1S/C11H20N2O4/c1-8(2)16-11(15)13-17-10(14)7-9-3-5-12-6-4-9/h8-9,12H,3-7H2,1-2H3,(H,13,15). The van der Waals surface area contributed by atoms with Gasteiger partial charge in [-0.3, -0.25) is 0 Å². The summed E-state index contributed by atoms with van der Waals surface area (Å²) in [7, 11) is 0. The zero-order chi connectivity index (χ0) is 12.7. The van der Waals surface area contributed by atoms with E-state index in [0.29, 0.717) is 12.3 Å². The molecule has 1 aliphatic rings. The SMILES string of the molecule is CC(C)OC(=O)NOC(=O)CC1CCNCC1. The number of carbonyl (C=O) groups excluding carboxylic acids is 2. The molecule has 1 amide bonds. The van der Waals surface area contributed by atoms with Crippen LogP contribution in [0.1, 0.15) is 33.1 Å². The highest BCUT2D eigenvalue weighted by atomic mass is 16.7. The molecule has 17 heavy (non-hydrogen) atoms. The first-order valence-corrected chi connectivity index (χ1v) is 5.95. The van der Waals surface area contributed by atoms with Crippen molar-refractivity contribution in [2.45, 2.75) is 39.2 Å². The van der Waals surface area contributed by atoms with E-state index >= 15 is 0 Å². The van der Waals surface area contributed by atoms with E-state index in [1.54, 1.807) is 13.8 Å². The van der Waals surface area contributed by atoms with E-state index in [-0.39, 0.29) is 6.10 Å². The second-order valence-electron chi connectivity index (χ2n) is 4.43. The van der Waals surface area contributed by atoms with Gasteiger partial charge in [-0.05, 0) is 45.7 Å². The Morgan fingerprint density at radius 2 is 2.00 bits per heavy atom. The maximum absolute atomic E-state index is 11.4. The van der Waals surface area contributed by atoms with Gasteiger partial charge in [-0.25, -0.2) is 9.59 Å². The molecule has 1 rings (SSSR count). The Morgan fingerprint density at radius 1 is 1.35 bits per heavy atom. The van der Waals surface area contributed by atoms with E-state index in [2.05, 4.69) is 10.2 Å². The molecule has 0 radical (unpaired) electrons. The second kappa shape index (κ2) is 7.11. The van der Waals surface area contributed by atoms with Crippen LogP contribution < -0.4 is 10.8 Å². The molecule has 0 aromatic rings. The minimum Gasteiger partial charge on any atom is -0.445 e. The van der Waals surface area contributed by atoms with Crippen LogP contribution in [0.4, 0.5) is 4.79 Å². The van der Waals surface area contributed by atoms with Crippen LogP contribution in [0.3, 0.4) is 0 Å². The van der Waals surface area contributed by atoms with Crippen LogP contribution in [0.25, 0.3) is 0 Å². The first-order valence-electron chi connectivity index (χ1n) is 5.95.